The molecule has 214 valence electrons. The van der Waals surface area contributed by atoms with Crippen LogP contribution in [0.4, 0.5) is 4.39 Å². The molecule has 1 heterocycles. The van der Waals surface area contributed by atoms with Gasteiger partial charge in [-0.2, -0.15) is 0 Å². The number of benzene rings is 4. The van der Waals surface area contributed by atoms with Crippen molar-refractivity contribution in [2.24, 2.45) is 0 Å². The Labute approximate surface area is 243 Å². The van der Waals surface area contributed by atoms with Gasteiger partial charge in [0.1, 0.15) is 35.9 Å². The summed E-state index contributed by atoms with van der Waals surface area (Å²) in [6.45, 7) is -0.0887. The van der Waals surface area contributed by atoms with Crippen molar-refractivity contribution in [1.29, 1.82) is 0 Å². The maximum Gasteiger partial charge on any atom is 0.251 e. The number of hydrogen-bond donors (Lipinski definition) is 3. The SMILES string of the molecule is CNC(=O)C1c2cc(-c3cc(C(=O)NC4(c5ccccc5)CC4)ccc3OCCO)ccc2OC1c1ccc(F)cc1. The molecule has 0 bridgehead atoms. The van der Waals surface area contributed by atoms with Crippen molar-refractivity contribution in [2.45, 2.75) is 30.4 Å². The topological polar surface area (TPSA) is 96.9 Å². The molecule has 1 saturated carbocycles. The maximum absolute atomic E-state index is 13.6. The molecule has 1 aliphatic heterocycles. The molecule has 0 spiro atoms. The Morgan fingerprint density at radius 1 is 1.00 bits per heavy atom. The lowest BCUT2D eigenvalue weighted by Crippen LogP contribution is -2.34. The molecule has 0 radical (unpaired) electrons. The van der Waals surface area contributed by atoms with E-state index in [-0.39, 0.29) is 36.4 Å². The molecule has 1 aliphatic carbocycles. The highest BCUT2D eigenvalue weighted by atomic mass is 19.1. The molecule has 0 saturated heterocycles. The lowest BCUT2D eigenvalue weighted by molar-refractivity contribution is -0.123. The van der Waals surface area contributed by atoms with Gasteiger partial charge in [-0.25, -0.2) is 4.39 Å². The van der Waals surface area contributed by atoms with Gasteiger partial charge in [0.2, 0.25) is 5.91 Å². The summed E-state index contributed by atoms with van der Waals surface area (Å²) in [5.41, 5.74) is 3.89. The zero-order chi connectivity index (χ0) is 29.3. The van der Waals surface area contributed by atoms with E-state index in [2.05, 4.69) is 10.6 Å². The van der Waals surface area contributed by atoms with Crippen LogP contribution in [0.1, 0.15) is 51.9 Å². The van der Waals surface area contributed by atoms with E-state index in [1.54, 1.807) is 43.4 Å². The number of hydrogen-bond acceptors (Lipinski definition) is 5. The van der Waals surface area contributed by atoms with E-state index in [1.165, 1.54) is 12.1 Å². The molecule has 2 atom stereocenters. The van der Waals surface area contributed by atoms with E-state index in [0.29, 0.717) is 33.8 Å². The molecular weight excluding hydrogens is 535 g/mol. The number of nitrogens with one attached hydrogen (secondary N) is 2. The van der Waals surface area contributed by atoms with E-state index in [9.17, 15) is 19.1 Å². The number of likely N-dealkylation sites (N-methyl/N-ethyl adjacent to an activating group) is 1. The summed E-state index contributed by atoms with van der Waals surface area (Å²) >= 11 is 0. The first-order valence-electron chi connectivity index (χ1n) is 14.0. The number of halogens is 1. The highest BCUT2D eigenvalue weighted by Gasteiger charge is 2.45. The summed E-state index contributed by atoms with van der Waals surface area (Å²) in [7, 11) is 1.57. The molecule has 0 aromatic heterocycles. The zero-order valence-electron chi connectivity index (χ0n) is 23.1. The van der Waals surface area contributed by atoms with Crippen LogP contribution in [-0.2, 0) is 10.3 Å². The van der Waals surface area contributed by atoms with E-state index >= 15 is 0 Å². The van der Waals surface area contributed by atoms with Crippen molar-refractivity contribution in [3.05, 3.63) is 119 Å². The number of carbonyl (C=O) groups is 2. The number of fused-ring (bicyclic) bond motifs is 1. The summed E-state index contributed by atoms with van der Waals surface area (Å²) in [5, 5.41) is 15.4. The first-order chi connectivity index (χ1) is 20.4. The Morgan fingerprint density at radius 2 is 1.76 bits per heavy atom. The fraction of sp³-hybridized carbons (Fsp3) is 0.235. The zero-order valence-corrected chi connectivity index (χ0v) is 23.1. The first-order valence-corrected chi connectivity index (χ1v) is 14.0. The molecular formula is C34H31FN2O5. The van der Waals surface area contributed by atoms with Gasteiger partial charge in [-0.1, -0.05) is 48.5 Å². The van der Waals surface area contributed by atoms with Crippen LogP contribution in [-0.4, -0.2) is 37.2 Å². The molecule has 2 amide bonds. The molecule has 7 nitrogen and oxygen atoms in total. The van der Waals surface area contributed by atoms with Crippen LogP contribution >= 0.6 is 0 Å². The van der Waals surface area contributed by atoms with Crippen molar-refractivity contribution < 1.29 is 28.6 Å². The van der Waals surface area contributed by atoms with Crippen LogP contribution in [0.3, 0.4) is 0 Å². The van der Waals surface area contributed by atoms with Gasteiger partial charge in [0.05, 0.1) is 12.1 Å². The molecule has 2 aliphatic rings. The summed E-state index contributed by atoms with van der Waals surface area (Å²) in [4.78, 5) is 26.6. The maximum atomic E-state index is 13.6. The first kappa shape index (κ1) is 27.5. The Kier molecular flexibility index (Phi) is 7.39. The number of amides is 2. The lowest BCUT2D eigenvalue weighted by atomic mass is 9.88. The van der Waals surface area contributed by atoms with Gasteiger partial charge in [-0.05, 0) is 72.0 Å². The third-order valence-corrected chi connectivity index (χ3v) is 7.96. The fourth-order valence-electron chi connectivity index (χ4n) is 5.62. The highest BCUT2D eigenvalue weighted by Crippen LogP contribution is 2.49. The minimum atomic E-state index is -0.677. The molecule has 4 aromatic rings. The van der Waals surface area contributed by atoms with Crippen LogP contribution in [0.15, 0.2) is 91.0 Å². The van der Waals surface area contributed by atoms with Crippen molar-refractivity contribution in [1.82, 2.24) is 10.6 Å². The van der Waals surface area contributed by atoms with E-state index < -0.39 is 12.0 Å². The van der Waals surface area contributed by atoms with Crippen LogP contribution in [0.2, 0.25) is 0 Å². The Bertz CT molecular complexity index is 1620. The second-order valence-electron chi connectivity index (χ2n) is 10.6. The third kappa shape index (κ3) is 5.21. The monoisotopic (exact) mass is 566 g/mol. The summed E-state index contributed by atoms with van der Waals surface area (Å²) in [6, 6.07) is 26.6. The van der Waals surface area contributed by atoms with Gasteiger partial charge in [0.25, 0.3) is 5.91 Å². The molecule has 4 aromatic carbocycles. The summed E-state index contributed by atoms with van der Waals surface area (Å²) in [5.74, 6) is -0.439. The highest BCUT2D eigenvalue weighted by molar-refractivity contribution is 5.97. The van der Waals surface area contributed by atoms with E-state index in [1.807, 2.05) is 42.5 Å². The van der Waals surface area contributed by atoms with Gasteiger partial charge in [0.15, 0.2) is 0 Å². The van der Waals surface area contributed by atoms with Gasteiger partial charge in [-0.15, -0.1) is 0 Å². The van der Waals surface area contributed by atoms with Crippen molar-refractivity contribution in [3.63, 3.8) is 0 Å². The predicted octanol–water partition coefficient (Wildman–Crippen LogP) is 5.25. The Morgan fingerprint density at radius 3 is 2.45 bits per heavy atom. The van der Waals surface area contributed by atoms with Crippen LogP contribution in [0.5, 0.6) is 11.5 Å². The van der Waals surface area contributed by atoms with Crippen LogP contribution in [0, 0.1) is 5.82 Å². The van der Waals surface area contributed by atoms with Crippen molar-refractivity contribution in [3.8, 4) is 22.6 Å². The normalized spacial score (nSPS) is 18.0. The van der Waals surface area contributed by atoms with Gasteiger partial charge >= 0.3 is 0 Å². The van der Waals surface area contributed by atoms with E-state index in [4.69, 9.17) is 9.47 Å². The molecule has 3 N–H and O–H groups in total. The Hall–Kier alpha value is -4.69. The number of rotatable bonds is 9. The van der Waals surface area contributed by atoms with Gasteiger partial charge < -0.3 is 25.2 Å². The standard InChI is InChI=1S/C34H31FN2O5/c1-36-33(40)30-27-19-22(9-14-29(27)42-31(30)21-7-11-25(35)12-8-21)26-20-23(10-13-28(26)41-18-17-38)32(39)37-34(15-16-34)24-5-3-2-4-6-24/h2-14,19-20,30-31,38H,15-18H2,1H3,(H,36,40)(H,37,39). The third-order valence-electron chi connectivity index (χ3n) is 7.96. The van der Waals surface area contributed by atoms with E-state index in [0.717, 1.165) is 24.0 Å². The molecule has 8 heteroatoms. The quantitative estimate of drug-likeness (QED) is 0.257. The van der Waals surface area contributed by atoms with Crippen molar-refractivity contribution >= 4 is 11.8 Å². The van der Waals surface area contributed by atoms with Gasteiger partial charge in [-0.3, -0.25) is 9.59 Å². The average molecular weight is 567 g/mol. The smallest absolute Gasteiger partial charge is 0.251 e. The molecule has 42 heavy (non-hydrogen) atoms. The second kappa shape index (κ2) is 11.3. The molecule has 2 unspecified atom stereocenters. The fourth-order valence-corrected chi connectivity index (χ4v) is 5.62. The van der Waals surface area contributed by atoms with Gasteiger partial charge in [0, 0.05) is 23.7 Å². The summed E-state index contributed by atoms with van der Waals surface area (Å²) < 4.78 is 25.7. The van der Waals surface area contributed by atoms with Crippen LogP contribution < -0.4 is 20.1 Å². The predicted molar refractivity (Wildman–Crippen MR) is 156 cm³/mol. The number of aliphatic hydroxyl groups excluding tert-OH is 1. The largest absolute Gasteiger partial charge is 0.491 e. The lowest BCUT2D eigenvalue weighted by Gasteiger charge is -2.19. The number of carbonyl (C=O) groups excluding carboxylic acids is 2. The molecule has 6 rings (SSSR count). The number of aliphatic hydroxyl groups is 1. The number of ether oxygens (including phenoxy) is 2. The molecule has 1 fully saturated rings. The van der Waals surface area contributed by atoms with Crippen LogP contribution in [0.25, 0.3) is 11.1 Å². The summed E-state index contributed by atoms with van der Waals surface area (Å²) in [6.07, 6.45) is 1.10. The minimum Gasteiger partial charge on any atom is -0.491 e. The second-order valence-corrected chi connectivity index (χ2v) is 10.6. The Balaban J connectivity index is 1.36. The minimum absolute atomic E-state index is 0.0806. The van der Waals surface area contributed by atoms with Crippen molar-refractivity contribution in [2.75, 3.05) is 20.3 Å². The average Bonchev–Trinajstić information content (AvgIpc) is 3.71.